The number of hydrogen-bond acceptors (Lipinski definition) is 4. The van der Waals surface area contributed by atoms with Crippen LogP contribution >= 0.6 is 0 Å². The molecule has 0 saturated carbocycles. The third-order valence-electron chi connectivity index (χ3n) is 2.13. The van der Waals surface area contributed by atoms with Crippen molar-refractivity contribution >= 4 is 11.4 Å². The van der Waals surface area contributed by atoms with Crippen LogP contribution in [0.4, 0.5) is 20.2 Å². The van der Waals surface area contributed by atoms with Crippen LogP contribution in [0, 0.1) is 0 Å². The van der Waals surface area contributed by atoms with E-state index >= 15 is 0 Å². The van der Waals surface area contributed by atoms with Crippen molar-refractivity contribution < 1.29 is 18.6 Å². The molecule has 0 radical (unpaired) electrons. The number of hydrogen-bond donors (Lipinski definition) is 3. The predicted octanol–water partition coefficient (Wildman–Crippen LogP) is 1.71. The first kappa shape index (κ1) is 13.5. The van der Waals surface area contributed by atoms with E-state index in [1.54, 1.807) is 25.1 Å². The molecule has 0 heterocycles. The van der Waals surface area contributed by atoms with Crippen LogP contribution in [0.25, 0.3) is 0 Å². The van der Waals surface area contributed by atoms with Gasteiger partial charge in [-0.25, -0.2) is 8.78 Å². The molecule has 17 heavy (non-hydrogen) atoms. The Hall–Kier alpha value is -1.56. The minimum absolute atomic E-state index is 0.281. The Morgan fingerprint density at radius 1 is 1.47 bits per heavy atom. The molecule has 4 N–H and O–H groups in total. The second-order valence-electron chi connectivity index (χ2n) is 3.52. The summed E-state index contributed by atoms with van der Waals surface area (Å²) < 4.78 is 30.9. The fourth-order valence-electron chi connectivity index (χ4n) is 1.26. The van der Waals surface area contributed by atoms with Gasteiger partial charge < -0.3 is 20.9 Å². The van der Waals surface area contributed by atoms with Gasteiger partial charge in [-0.05, 0) is 19.1 Å². The Morgan fingerprint density at radius 2 is 2.18 bits per heavy atom. The van der Waals surface area contributed by atoms with Crippen molar-refractivity contribution in [1.82, 2.24) is 0 Å². The van der Waals surface area contributed by atoms with Crippen molar-refractivity contribution in [2.45, 2.75) is 12.8 Å². The largest absolute Gasteiger partial charge is 0.492 e. The van der Waals surface area contributed by atoms with Crippen LogP contribution in [0.15, 0.2) is 18.2 Å². The summed E-state index contributed by atoms with van der Waals surface area (Å²) in [5.41, 5.74) is 6.39. The van der Waals surface area contributed by atoms with Crippen molar-refractivity contribution in [3.05, 3.63) is 18.2 Å². The quantitative estimate of drug-likeness (QED) is 0.668. The van der Waals surface area contributed by atoms with Crippen LogP contribution in [0.1, 0.15) is 6.92 Å². The molecule has 0 aliphatic rings. The van der Waals surface area contributed by atoms with Gasteiger partial charge in [-0.15, -0.1) is 0 Å². The molecule has 0 spiro atoms. The third kappa shape index (κ3) is 3.74. The van der Waals surface area contributed by atoms with Gasteiger partial charge in [0.2, 0.25) is 0 Å². The van der Waals surface area contributed by atoms with Gasteiger partial charge in [0.05, 0.1) is 24.5 Å². The summed E-state index contributed by atoms with van der Waals surface area (Å²) in [5.74, 6) is -2.72. The van der Waals surface area contributed by atoms with Crippen LogP contribution in [-0.4, -0.2) is 30.8 Å². The van der Waals surface area contributed by atoms with E-state index in [2.05, 4.69) is 5.32 Å². The average Bonchev–Trinajstić information content (AvgIpc) is 2.31. The first-order valence-electron chi connectivity index (χ1n) is 5.24. The number of ether oxygens (including phenoxy) is 1. The number of anilines is 2. The molecular formula is C11H16F2N2O2. The number of rotatable bonds is 6. The van der Waals surface area contributed by atoms with E-state index in [0.717, 1.165) is 0 Å². The minimum atomic E-state index is -3.17. The molecule has 4 nitrogen and oxygen atoms in total. The molecule has 0 aliphatic carbocycles. The number of aliphatic hydroxyl groups is 1. The topological polar surface area (TPSA) is 67.5 Å². The van der Waals surface area contributed by atoms with Gasteiger partial charge in [0.1, 0.15) is 12.4 Å². The summed E-state index contributed by atoms with van der Waals surface area (Å²) in [6.07, 6.45) is 0. The fourth-order valence-corrected chi connectivity index (χ4v) is 1.26. The molecule has 0 bridgehead atoms. The summed E-state index contributed by atoms with van der Waals surface area (Å²) in [5, 5.41) is 10.9. The van der Waals surface area contributed by atoms with Crippen molar-refractivity contribution in [2.24, 2.45) is 0 Å². The third-order valence-corrected chi connectivity index (χ3v) is 2.13. The predicted molar refractivity (Wildman–Crippen MR) is 62.5 cm³/mol. The van der Waals surface area contributed by atoms with Gasteiger partial charge in [0.15, 0.2) is 0 Å². The smallest absolute Gasteiger partial charge is 0.287 e. The van der Waals surface area contributed by atoms with Crippen molar-refractivity contribution in [2.75, 3.05) is 30.8 Å². The Kier molecular flexibility index (Phi) is 4.51. The molecule has 1 rings (SSSR count). The number of halogens is 2. The number of aliphatic hydroxyl groups excluding tert-OH is 1. The zero-order valence-corrected chi connectivity index (χ0v) is 9.54. The van der Waals surface area contributed by atoms with Crippen LogP contribution in [0.3, 0.4) is 0 Å². The minimum Gasteiger partial charge on any atom is -0.492 e. The van der Waals surface area contributed by atoms with Gasteiger partial charge >= 0.3 is 0 Å². The van der Waals surface area contributed by atoms with Crippen LogP contribution < -0.4 is 15.8 Å². The molecule has 96 valence electrons. The number of nitrogens with two attached hydrogens (primary N) is 1. The Labute approximate surface area is 98.4 Å². The van der Waals surface area contributed by atoms with Gasteiger partial charge in [-0.2, -0.15) is 0 Å². The number of para-hydroxylation sites is 1. The highest BCUT2D eigenvalue weighted by Crippen LogP contribution is 2.29. The van der Waals surface area contributed by atoms with E-state index < -0.39 is 19.1 Å². The van der Waals surface area contributed by atoms with Gasteiger partial charge in [-0.1, -0.05) is 6.07 Å². The van der Waals surface area contributed by atoms with Gasteiger partial charge in [-0.3, -0.25) is 0 Å². The number of alkyl halides is 2. The van der Waals surface area contributed by atoms with Crippen LogP contribution in [-0.2, 0) is 0 Å². The molecule has 0 fully saturated rings. The second kappa shape index (κ2) is 5.67. The lowest BCUT2D eigenvalue weighted by molar-refractivity contribution is -0.0372. The SMILES string of the molecule is CCOc1cccc(NCC(F)(F)CO)c1N. The van der Waals surface area contributed by atoms with Crippen molar-refractivity contribution in [3.8, 4) is 5.75 Å². The molecular weight excluding hydrogens is 230 g/mol. The summed E-state index contributed by atoms with van der Waals surface area (Å²) >= 11 is 0. The summed E-state index contributed by atoms with van der Waals surface area (Å²) in [6.45, 7) is 0.369. The lowest BCUT2D eigenvalue weighted by Gasteiger charge is -2.17. The van der Waals surface area contributed by atoms with Crippen LogP contribution in [0.2, 0.25) is 0 Å². The van der Waals surface area contributed by atoms with E-state index in [1.807, 2.05) is 0 Å². The monoisotopic (exact) mass is 246 g/mol. The van der Waals surface area contributed by atoms with Crippen molar-refractivity contribution in [3.63, 3.8) is 0 Å². The van der Waals surface area contributed by atoms with Crippen molar-refractivity contribution in [1.29, 1.82) is 0 Å². The molecule has 1 aromatic rings. The first-order valence-corrected chi connectivity index (χ1v) is 5.24. The summed E-state index contributed by atoms with van der Waals surface area (Å²) in [4.78, 5) is 0. The second-order valence-corrected chi connectivity index (χ2v) is 3.52. The highest BCUT2D eigenvalue weighted by atomic mass is 19.3. The molecule has 0 aromatic heterocycles. The maximum atomic E-state index is 12.8. The standard InChI is InChI=1S/C11H16F2N2O2/c1-2-17-9-5-3-4-8(10(9)14)15-6-11(12,13)7-16/h3-5,15-16H,2,6-7,14H2,1H3. The molecule has 0 atom stereocenters. The lowest BCUT2D eigenvalue weighted by atomic mass is 10.2. The number of nitrogens with one attached hydrogen (secondary N) is 1. The summed E-state index contributed by atoms with van der Waals surface area (Å²) in [7, 11) is 0. The van der Waals surface area contributed by atoms with Gasteiger partial charge in [0, 0.05) is 0 Å². The van der Waals surface area contributed by atoms with E-state index in [9.17, 15) is 8.78 Å². The van der Waals surface area contributed by atoms with E-state index in [0.29, 0.717) is 18.0 Å². The molecule has 0 unspecified atom stereocenters. The maximum absolute atomic E-state index is 12.8. The van der Waals surface area contributed by atoms with E-state index in [1.165, 1.54) is 0 Å². The number of benzene rings is 1. The van der Waals surface area contributed by atoms with Crippen LogP contribution in [0.5, 0.6) is 5.75 Å². The van der Waals surface area contributed by atoms with E-state index in [-0.39, 0.29) is 5.69 Å². The first-order chi connectivity index (χ1) is 8.00. The Morgan fingerprint density at radius 3 is 2.76 bits per heavy atom. The Balaban J connectivity index is 2.75. The lowest BCUT2D eigenvalue weighted by Crippen LogP contribution is -2.31. The number of nitrogen functional groups attached to an aromatic ring is 1. The highest BCUT2D eigenvalue weighted by Gasteiger charge is 2.27. The fraction of sp³-hybridized carbons (Fsp3) is 0.455. The Bertz CT molecular complexity index is 372. The van der Waals surface area contributed by atoms with E-state index in [4.69, 9.17) is 15.6 Å². The molecule has 0 aliphatic heterocycles. The normalized spacial score (nSPS) is 11.3. The summed E-state index contributed by atoms with van der Waals surface area (Å²) in [6, 6.07) is 4.89. The molecule has 1 aromatic carbocycles. The zero-order valence-electron chi connectivity index (χ0n) is 9.54. The maximum Gasteiger partial charge on any atom is 0.287 e. The molecule has 6 heteroatoms. The zero-order chi connectivity index (χ0) is 12.9. The highest BCUT2D eigenvalue weighted by molar-refractivity contribution is 5.72. The molecule has 0 amide bonds. The average molecular weight is 246 g/mol. The molecule has 0 saturated heterocycles. The van der Waals surface area contributed by atoms with Gasteiger partial charge in [0.25, 0.3) is 5.92 Å².